The number of rotatable bonds is 9. The predicted octanol–water partition coefficient (Wildman–Crippen LogP) is 5.34. The number of fused-ring (bicyclic) bond motifs is 1. The van der Waals surface area contributed by atoms with Gasteiger partial charge in [0.05, 0.1) is 25.2 Å². The molecular formula is C30H36N2O4. The van der Waals surface area contributed by atoms with Crippen molar-refractivity contribution in [1.29, 1.82) is 0 Å². The lowest BCUT2D eigenvalue weighted by atomic mass is 9.69. The first-order valence-corrected chi connectivity index (χ1v) is 13.3. The van der Waals surface area contributed by atoms with Crippen LogP contribution in [0.15, 0.2) is 54.7 Å². The SMILES string of the molecule is COc1ccc2c3c1O[C@H]1C[C@@H](O)C=C[C@@]31CCN(CCCCCCOc1ccc3[nH]ccc3c1)C2. The highest BCUT2D eigenvalue weighted by atomic mass is 16.5. The fourth-order valence-electron chi connectivity index (χ4n) is 6.29. The smallest absolute Gasteiger partial charge is 0.166 e. The molecule has 0 fully saturated rings. The Balaban J connectivity index is 1.02. The van der Waals surface area contributed by atoms with Gasteiger partial charge in [-0.2, -0.15) is 0 Å². The summed E-state index contributed by atoms with van der Waals surface area (Å²) >= 11 is 0. The van der Waals surface area contributed by atoms with Crippen LogP contribution in [-0.2, 0) is 12.0 Å². The monoisotopic (exact) mass is 488 g/mol. The molecule has 3 aromatic rings. The first-order chi connectivity index (χ1) is 17.7. The zero-order chi connectivity index (χ0) is 24.5. The number of aromatic nitrogens is 1. The molecule has 3 heterocycles. The fourth-order valence-corrected chi connectivity index (χ4v) is 6.29. The van der Waals surface area contributed by atoms with Crippen molar-refractivity contribution < 1.29 is 19.3 Å². The number of nitrogens with zero attached hydrogens (tertiary/aromatic N) is 1. The van der Waals surface area contributed by atoms with Crippen molar-refractivity contribution in [2.24, 2.45) is 0 Å². The van der Waals surface area contributed by atoms with Gasteiger partial charge in [-0.05, 0) is 68.2 Å². The summed E-state index contributed by atoms with van der Waals surface area (Å²) in [7, 11) is 1.70. The van der Waals surface area contributed by atoms with Gasteiger partial charge >= 0.3 is 0 Å². The van der Waals surface area contributed by atoms with E-state index in [0.29, 0.717) is 6.42 Å². The Bertz CT molecular complexity index is 1250. The van der Waals surface area contributed by atoms with E-state index in [1.54, 1.807) is 7.11 Å². The molecular weight excluding hydrogens is 452 g/mol. The minimum Gasteiger partial charge on any atom is -0.494 e. The van der Waals surface area contributed by atoms with E-state index in [0.717, 1.165) is 61.8 Å². The number of aliphatic hydroxyl groups excluding tert-OH is 1. The minimum absolute atomic E-state index is 0.0274. The molecule has 0 radical (unpaired) electrons. The van der Waals surface area contributed by atoms with Crippen molar-refractivity contribution in [1.82, 2.24) is 9.88 Å². The maximum absolute atomic E-state index is 10.3. The Morgan fingerprint density at radius 1 is 1.14 bits per heavy atom. The summed E-state index contributed by atoms with van der Waals surface area (Å²) < 4.78 is 18.0. The van der Waals surface area contributed by atoms with E-state index in [1.807, 2.05) is 24.4 Å². The summed E-state index contributed by atoms with van der Waals surface area (Å²) in [5, 5.41) is 11.5. The molecule has 1 spiro atoms. The van der Waals surface area contributed by atoms with Gasteiger partial charge in [0.15, 0.2) is 11.5 Å². The molecule has 2 aromatic carbocycles. The van der Waals surface area contributed by atoms with Gasteiger partial charge < -0.3 is 24.3 Å². The van der Waals surface area contributed by atoms with E-state index in [9.17, 15) is 5.11 Å². The molecule has 0 bridgehead atoms. The van der Waals surface area contributed by atoms with Crippen LogP contribution in [0.5, 0.6) is 17.2 Å². The fraction of sp³-hybridized carbons (Fsp3) is 0.467. The van der Waals surface area contributed by atoms with Crippen molar-refractivity contribution in [3.8, 4) is 17.2 Å². The van der Waals surface area contributed by atoms with Crippen molar-refractivity contribution in [3.63, 3.8) is 0 Å². The van der Waals surface area contributed by atoms with Crippen LogP contribution < -0.4 is 14.2 Å². The highest BCUT2D eigenvalue weighted by Gasteiger charge is 2.52. The molecule has 0 amide bonds. The van der Waals surface area contributed by atoms with Crippen LogP contribution in [-0.4, -0.2) is 54.0 Å². The highest BCUT2D eigenvalue weighted by Crippen LogP contribution is 2.55. The largest absolute Gasteiger partial charge is 0.494 e. The Labute approximate surface area is 212 Å². The molecule has 6 heteroatoms. The molecule has 3 atom stereocenters. The number of benzene rings is 2. The Morgan fingerprint density at radius 3 is 2.97 bits per heavy atom. The lowest BCUT2D eigenvalue weighted by Crippen LogP contribution is -2.43. The standard InChI is InChI=1S/C30H36N2O4/c1-34-26-9-6-22-20-32(16-13-30-12-10-23(33)19-27(30)36-29(26)28(22)30)15-4-2-3-5-17-35-24-7-8-25-21(18-24)11-14-31-25/h6-12,14,18,23,27,31,33H,2-5,13,15-17,19-20H2,1H3/t23-,27-,30-/m0/s1. The summed E-state index contributed by atoms with van der Waals surface area (Å²) in [5.74, 6) is 2.63. The third kappa shape index (κ3) is 4.27. The molecule has 6 nitrogen and oxygen atoms in total. The maximum atomic E-state index is 10.3. The quantitative estimate of drug-likeness (QED) is 0.314. The molecule has 3 aliphatic rings. The predicted molar refractivity (Wildman–Crippen MR) is 141 cm³/mol. The number of unbranched alkanes of at least 4 members (excludes halogenated alkanes) is 3. The van der Waals surface area contributed by atoms with Crippen LogP contribution in [0, 0.1) is 0 Å². The van der Waals surface area contributed by atoms with Crippen molar-refractivity contribution in [2.75, 3.05) is 26.8 Å². The Kier molecular flexibility index (Phi) is 6.40. The van der Waals surface area contributed by atoms with Crippen LogP contribution in [0.1, 0.15) is 49.7 Å². The molecule has 0 saturated carbocycles. The number of aromatic amines is 1. The summed E-state index contributed by atoms with van der Waals surface area (Å²) in [6.07, 6.45) is 12.0. The molecule has 6 rings (SSSR count). The maximum Gasteiger partial charge on any atom is 0.166 e. The molecule has 36 heavy (non-hydrogen) atoms. The van der Waals surface area contributed by atoms with Crippen molar-refractivity contribution >= 4 is 10.9 Å². The topological polar surface area (TPSA) is 66.9 Å². The highest BCUT2D eigenvalue weighted by molar-refractivity contribution is 5.80. The van der Waals surface area contributed by atoms with E-state index in [4.69, 9.17) is 14.2 Å². The Morgan fingerprint density at radius 2 is 2.06 bits per heavy atom. The molecule has 2 aliphatic heterocycles. The molecule has 0 unspecified atom stereocenters. The summed E-state index contributed by atoms with van der Waals surface area (Å²) in [6, 6.07) is 12.5. The van der Waals surface area contributed by atoms with E-state index >= 15 is 0 Å². The normalized spacial score (nSPS) is 24.7. The van der Waals surface area contributed by atoms with Crippen LogP contribution in [0.3, 0.4) is 0 Å². The lowest BCUT2D eigenvalue weighted by Gasteiger charge is -2.35. The van der Waals surface area contributed by atoms with Crippen LogP contribution in [0.25, 0.3) is 10.9 Å². The second kappa shape index (κ2) is 9.83. The summed E-state index contributed by atoms with van der Waals surface area (Å²) in [4.78, 5) is 5.81. The van der Waals surface area contributed by atoms with Gasteiger partial charge in [0.2, 0.25) is 0 Å². The van der Waals surface area contributed by atoms with Crippen LogP contribution >= 0.6 is 0 Å². The zero-order valence-corrected chi connectivity index (χ0v) is 21.0. The second-order valence-corrected chi connectivity index (χ2v) is 10.5. The number of hydrogen-bond acceptors (Lipinski definition) is 5. The average molecular weight is 489 g/mol. The number of hydrogen-bond donors (Lipinski definition) is 2. The van der Waals surface area contributed by atoms with Crippen LogP contribution in [0.2, 0.25) is 0 Å². The lowest BCUT2D eigenvalue weighted by molar-refractivity contribution is 0.0809. The van der Waals surface area contributed by atoms with Gasteiger partial charge in [0.25, 0.3) is 0 Å². The number of nitrogens with one attached hydrogen (secondary N) is 1. The third-order valence-electron chi connectivity index (χ3n) is 8.20. The van der Waals surface area contributed by atoms with E-state index in [2.05, 4.69) is 40.2 Å². The minimum atomic E-state index is -0.441. The second-order valence-electron chi connectivity index (χ2n) is 10.5. The van der Waals surface area contributed by atoms with Crippen molar-refractivity contribution in [3.05, 3.63) is 65.9 Å². The van der Waals surface area contributed by atoms with Gasteiger partial charge in [0, 0.05) is 35.6 Å². The van der Waals surface area contributed by atoms with E-state index in [-0.39, 0.29) is 11.5 Å². The molecule has 1 aliphatic carbocycles. The molecule has 0 saturated heterocycles. The third-order valence-corrected chi connectivity index (χ3v) is 8.20. The van der Waals surface area contributed by atoms with E-state index < -0.39 is 6.10 Å². The molecule has 2 N–H and O–H groups in total. The number of methoxy groups -OCH3 is 1. The first kappa shape index (κ1) is 23.4. The number of ether oxygens (including phenoxy) is 3. The summed E-state index contributed by atoms with van der Waals surface area (Å²) in [5.41, 5.74) is 3.60. The van der Waals surface area contributed by atoms with Gasteiger partial charge in [-0.3, -0.25) is 4.90 Å². The van der Waals surface area contributed by atoms with Gasteiger partial charge in [-0.15, -0.1) is 0 Å². The van der Waals surface area contributed by atoms with Gasteiger partial charge in [-0.25, -0.2) is 0 Å². The summed E-state index contributed by atoms with van der Waals surface area (Å²) in [6.45, 7) is 3.83. The number of H-pyrrole nitrogens is 1. The number of aliphatic hydroxyl groups is 1. The first-order valence-electron chi connectivity index (χ1n) is 13.3. The molecule has 1 aromatic heterocycles. The van der Waals surface area contributed by atoms with E-state index in [1.165, 1.54) is 35.8 Å². The Hall–Kier alpha value is -2.96. The van der Waals surface area contributed by atoms with Crippen LogP contribution in [0.4, 0.5) is 0 Å². The van der Waals surface area contributed by atoms with Gasteiger partial charge in [0.1, 0.15) is 11.9 Å². The average Bonchev–Trinajstić information content (AvgIpc) is 3.44. The van der Waals surface area contributed by atoms with Crippen molar-refractivity contribution in [2.45, 2.75) is 62.7 Å². The van der Waals surface area contributed by atoms with Gasteiger partial charge in [-0.1, -0.05) is 31.1 Å². The molecule has 190 valence electrons. The zero-order valence-electron chi connectivity index (χ0n) is 21.0.